The van der Waals surface area contributed by atoms with Crippen LogP contribution in [0.4, 0.5) is 0 Å². The highest BCUT2D eigenvalue weighted by Crippen LogP contribution is 2.28. The summed E-state index contributed by atoms with van der Waals surface area (Å²) in [6.07, 6.45) is 8.11. The Morgan fingerprint density at radius 3 is 2.68 bits per heavy atom. The van der Waals surface area contributed by atoms with Crippen LogP contribution in [0.2, 0.25) is 0 Å². The monoisotopic (exact) mass is 277 g/mol. The van der Waals surface area contributed by atoms with Crippen molar-refractivity contribution in [2.45, 2.75) is 63.7 Å². The highest BCUT2D eigenvalue weighted by molar-refractivity contribution is 7.99. The molecule has 0 saturated heterocycles. The lowest BCUT2D eigenvalue weighted by Crippen LogP contribution is -2.27. The van der Waals surface area contributed by atoms with E-state index in [1.165, 1.54) is 48.8 Å². The Kier molecular flexibility index (Phi) is 5.77. The van der Waals surface area contributed by atoms with Crippen LogP contribution in [-0.2, 0) is 6.42 Å². The fourth-order valence-corrected chi connectivity index (χ4v) is 4.16. The van der Waals surface area contributed by atoms with Gasteiger partial charge >= 0.3 is 0 Å². The van der Waals surface area contributed by atoms with Gasteiger partial charge in [0.1, 0.15) is 0 Å². The first-order valence-corrected chi connectivity index (χ1v) is 8.63. The minimum Gasteiger partial charge on any atom is -0.327 e. The van der Waals surface area contributed by atoms with Gasteiger partial charge in [-0.2, -0.15) is 11.8 Å². The molecule has 0 radical (unpaired) electrons. The molecule has 0 spiro atoms. The Labute approximate surface area is 122 Å². The summed E-state index contributed by atoms with van der Waals surface area (Å²) in [7, 11) is 0. The minimum atomic E-state index is 0.299. The third-order valence-corrected chi connectivity index (χ3v) is 5.65. The SMILES string of the molecule is Cc1ccc(C)c(CC(N)CSC2CCCCC2)c1. The van der Waals surface area contributed by atoms with Crippen LogP contribution in [0.25, 0.3) is 0 Å². The predicted molar refractivity (Wildman–Crippen MR) is 86.9 cm³/mol. The van der Waals surface area contributed by atoms with Crippen LogP contribution in [0.1, 0.15) is 48.8 Å². The third-order valence-electron chi connectivity index (χ3n) is 4.08. The Morgan fingerprint density at radius 1 is 1.21 bits per heavy atom. The molecule has 106 valence electrons. The smallest absolute Gasteiger partial charge is 0.0171 e. The fourth-order valence-electron chi connectivity index (χ4n) is 2.85. The van der Waals surface area contributed by atoms with E-state index in [2.05, 4.69) is 43.8 Å². The quantitative estimate of drug-likeness (QED) is 0.871. The zero-order valence-electron chi connectivity index (χ0n) is 12.3. The van der Waals surface area contributed by atoms with Crippen molar-refractivity contribution < 1.29 is 0 Å². The Balaban J connectivity index is 1.80. The number of aryl methyl sites for hydroxylation is 2. The second-order valence-electron chi connectivity index (χ2n) is 5.99. The molecule has 2 rings (SSSR count). The van der Waals surface area contributed by atoms with Gasteiger partial charge < -0.3 is 5.73 Å². The van der Waals surface area contributed by atoms with E-state index in [0.717, 1.165) is 17.4 Å². The van der Waals surface area contributed by atoms with E-state index in [0.29, 0.717) is 6.04 Å². The molecule has 0 aromatic heterocycles. The molecule has 1 aromatic rings. The number of nitrogens with two attached hydrogens (primary N) is 1. The van der Waals surface area contributed by atoms with Gasteiger partial charge in [0.15, 0.2) is 0 Å². The van der Waals surface area contributed by atoms with Crippen molar-refractivity contribution in [1.29, 1.82) is 0 Å². The second kappa shape index (κ2) is 7.35. The molecule has 1 fully saturated rings. The van der Waals surface area contributed by atoms with Crippen molar-refractivity contribution in [3.05, 3.63) is 34.9 Å². The van der Waals surface area contributed by atoms with Crippen LogP contribution in [0.3, 0.4) is 0 Å². The lowest BCUT2D eigenvalue weighted by molar-refractivity contribution is 0.515. The van der Waals surface area contributed by atoms with E-state index >= 15 is 0 Å². The summed E-state index contributed by atoms with van der Waals surface area (Å²) in [5, 5.41) is 0.874. The molecule has 0 amide bonds. The van der Waals surface area contributed by atoms with Crippen LogP contribution < -0.4 is 5.73 Å². The van der Waals surface area contributed by atoms with E-state index in [4.69, 9.17) is 5.73 Å². The molecule has 1 nitrogen and oxygen atoms in total. The zero-order chi connectivity index (χ0) is 13.7. The van der Waals surface area contributed by atoms with E-state index < -0.39 is 0 Å². The molecule has 1 aliphatic carbocycles. The summed E-state index contributed by atoms with van der Waals surface area (Å²) in [6.45, 7) is 4.35. The molecular formula is C17H27NS. The van der Waals surface area contributed by atoms with Gasteiger partial charge in [0.2, 0.25) is 0 Å². The number of benzene rings is 1. The van der Waals surface area contributed by atoms with Gasteiger partial charge in [-0.15, -0.1) is 0 Å². The maximum absolute atomic E-state index is 6.32. The zero-order valence-corrected chi connectivity index (χ0v) is 13.1. The van der Waals surface area contributed by atoms with Crippen molar-refractivity contribution in [3.63, 3.8) is 0 Å². The van der Waals surface area contributed by atoms with Crippen LogP contribution in [0, 0.1) is 13.8 Å². The fraction of sp³-hybridized carbons (Fsp3) is 0.647. The molecule has 1 aromatic carbocycles. The summed E-state index contributed by atoms with van der Waals surface area (Å²) in [6, 6.07) is 6.99. The van der Waals surface area contributed by atoms with Crippen LogP contribution >= 0.6 is 11.8 Å². The van der Waals surface area contributed by atoms with E-state index in [9.17, 15) is 0 Å². The number of thioether (sulfide) groups is 1. The van der Waals surface area contributed by atoms with Gasteiger partial charge in [-0.05, 0) is 44.2 Å². The summed E-state index contributed by atoms with van der Waals surface area (Å²) >= 11 is 2.11. The van der Waals surface area contributed by atoms with Gasteiger partial charge in [0.25, 0.3) is 0 Å². The van der Waals surface area contributed by atoms with Gasteiger partial charge in [0, 0.05) is 17.0 Å². The first-order chi connectivity index (χ1) is 9.15. The van der Waals surface area contributed by atoms with E-state index in [1.54, 1.807) is 0 Å². The van der Waals surface area contributed by atoms with Crippen molar-refractivity contribution in [2.24, 2.45) is 5.73 Å². The highest BCUT2D eigenvalue weighted by atomic mass is 32.2. The maximum atomic E-state index is 6.32. The molecule has 1 saturated carbocycles. The molecule has 1 aliphatic rings. The normalized spacial score (nSPS) is 18.5. The van der Waals surface area contributed by atoms with Gasteiger partial charge in [-0.1, -0.05) is 43.0 Å². The summed E-state index contributed by atoms with van der Waals surface area (Å²) in [4.78, 5) is 0. The summed E-state index contributed by atoms with van der Waals surface area (Å²) < 4.78 is 0. The average Bonchev–Trinajstić information content (AvgIpc) is 2.42. The number of hydrogen-bond donors (Lipinski definition) is 1. The topological polar surface area (TPSA) is 26.0 Å². The standard InChI is InChI=1S/C17H27NS/c1-13-8-9-14(2)15(10-13)11-16(18)12-19-17-6-4-3-5-7-17/h8-10,16-17H,3-7,11-12,18H2,1-2H3. The van der Waals surface area contributed by atoms with E-state index in [1.807, 2.05) is 0 Å². The van der Waals surface area contributed by atoms with Crippen LogP contribution in [0.5, 0.6) is 0 Å². The minimum absolute atomic E-state index is 0.299. The average molecular weight is 277 g/mol. The van der Waals surface area contributed by atoms with Crippen LogP contribution in [0.15, 0.2) is 18.2 Å². The predicted octanol–water partition coefficient (Wildman–Crippen LogP) is 4.24. The second-order valence-corrected chi connectivity index (χ2v) is 7.32. The lowest BCUT2D eigenvalue weighted by Gasteiger charge is -2.23. The molecule has 19 heavy (non-hydrogen) atoms. The van der Waals surface area contributed by atoms with Crippen LogP contribution in [-0.4, -0.2) is 17.0 Å². The summed E-state index contributed by atoms with van der Waals surface area (Å²) in [5.74, 6) is 1.11. The molecule has 2 heteroatoms. The molecule has 0 bridgehead atoms. The van der Waals surface area contributed by atoms with Crippen molar-refractivity contribution in [3.8, 4) is 0 Å². The van der Waals surface area contributed by atoms with E-state index in [-0.39, 0.29) is 0 Å². The first kappa shape index (κ1) is 14.9. The van der Waals surface area contributed by atoms with Crippen molar-refractivity contribution in [2.75, 3.05) is 5.75 Å². The van der Waals surface area contributed by atoms with Crippen molar-refractivity contribution >= 4 is 11.8 Å². The molecular weight excluding hydrogens is 250 g/mol. The third kappa shape index (κ3) is 4.85. The lowest BCUT2D eigenvalue weighted by atomic mass is 10.00. The number of rotatable bonds is 5. The Bertz CT molecular complexity index is 396. The van der Waals surface area contributed by atoms with Crippen molar-refractivity contribution in [1.82, 2.24) is 0 Å². The summed E-state index contributed by atoms with van der Waals surface area (Å²) in [5.41, 5.74) is 10.5. The maximum Gasteiger partial charge on any atom is 0.0171 e. The Hall–Kier alpha value is -0.470. The highest BCUT2D eigenvalue weighted by Gasteiger charge is 2.15. The molecule has 1 atom stereocenters. The molecule has 1 unspecified atom stereocenters. The molecule has 2 N–H and O–H groups in total. The van der Waals surface area contributed by atoms with Gasteiger partial charge in [-0.25, -0.2) is 0 Å². The first-order valence-electron chi connectivity index (χ1n) is 7.58. The largest absolute Gasteiger partial charge is 0.327 e. The van der Waals surface area contributed by atoms with Gasteiger partial charge in [0.05, 0.1) is 0 Å². The number of hydrogen-bond acceptors (Lipinski definition) is 2. The molecule has 0 heterocycles. The Morgan fingerprint density at radius 2 is 1.95 bits per heavy atom. The molecule has 0 aliphatic heterocycles. The van der Waals surface area contributed by atoms with Gasteiger partial charge in [-0.3, -0.25) is 0 Å².